The summed E-state index contributed by atoms with van der Waals surface area (Å²) < 4.78 is 0.945. The van der Waals surface area contributed by atoms with E-state index in [-0.39, 0.29) is 0 Å². The fourth-order valence-electron chi connectivity index (χ4n) is 1.23. The van der Waals surface area contributed by atoms with Gasteiger partial charge >= 0.3 is 0 Å². The highest BCUT2D eigenvalue weighted by molar-refractivity contribution is 9.10. The average Bonchev–Trinajstić information content (AvgIpc) is 2.29. The maximum Gasteiger partial charge on any atom is 0.111 e. The van der Waals surface area contributed by atoms with Crippen LogP contribution in [0.2, 0.25) is 5.02 Å². The van der Waals surface area contributed by atoms with Gasteiger partial charge in [0.25, 0.3) is 0 Å². The van der Waals surface area contributed by atoms with E-state index >= 15 is 0 Å². The number of aromatic nitrogens is 1. The second-order valence-corrected chi connectivity index (χ2v) is 5.47. The van der Waals surface area contributed by atoms with Crippen LogP contribution in [0.3, 0.4) is 0 Å². The number of pyridine rings is 1. The number of benzene rings is 1. The van der Waals surface area contributed by atoms with Gasteiger partial charge in [0.1, 0.15) is 5.03 Å². The van der Waals surface area contributed by atoms with Crippen molar-refractivity contribution in [2.75, 3.05) is 0 Å². The van der Waals surface area contributed by atoms with Crippen molar-refractivity contribution in [3.63, 3.8) is 0 Å². The summed E-state index contributed by atoms with van der Waals surface area (Å²) in [5.74, 6) is 0.911. The lowest BCUT2D eigenvalue weighted by Crippen LogP contribution is -1.84. The molecule has 0 saturated carbocycles. The number of halogens is 2. The lowest BCUT2D eigenvalue weighted by molar-refractivity contribution is 1.11. The summed E-state index contributed by atoms with van der Waals surface area (Å²) in [5.41, 5.74) is 1.29. The monoisotopic (exact) mass is 313 g/mol. The average molecular weight is 315 g/mol. The van der Waals surface area contributed by atoms with Crippen molar-refractivity contribution in [2.24, 2.45) is 0 Å². The van der Waals surface area contributed by atoms with E-state index in [0.717, 1.165) is 15.3 Å². The number of rotatable bonds is 3. The molecule has 0 N–H and O–H groups in total. The minimum Gasteiger partial charge on any atom is -0.247 e. The number of hydrogen-bond donors (Lipinski definition) is 0. The standard InChI is InChI=1S/C12H9BrClNS/c13-11-6-10(14)7-15-12(11)16-8-9-4-2-1-3-5-9/h1-7H,8H2. The zero-order valence-corrected chi connectivity index (χ0v) is 11.5. The van der Waals surface area contributed by atoms with E-state index in [9.17, 15) is 0 Å². The molecule has 4 heteroatoms. The second kappa shape index (κ2) is 5.71. The van der Waals surface area contributed by atoms with Gasteiger partial charge in [-0.2, -0.15) is 0 Å². The largest absolute Gasteiger partial charge is 0.247 e. The van der Waals surface area contributed by atoms with Gasteiger partial charge in [-0.3, -0.25) is 0 Å². The molecule has 0 aliphatic carbocycles. The minimum atomic E-state index is 0.649. The molecule has 0 bridgehead atoms. The van der Waals surface area contributed by atoms with Gasteiger partial charge in [-0.05, 0) is 27.6 Å². The van der Waals surface area contributed by atoms with Crippen molar-refractivity contribution in [3.05, 3.63) is 57.7 Å². The highest BCUT2D eigenvalue weighted by Crippen LogP contribution is 2.29. The van der Waals surface area contributed by atoms with Crippen LogP contribution in [-0.4, -0.2) is 4.98 Å². The molecule has 0 unspecified atom stereocenters. The van der Waals surface area contributed by atoms with Crippen molar-refractivity contribution in [1.29, 1.82) is 0 Å². The van der Waals surface area contributed by atoms with Crippen LogP contribution in [0, 0.1) is 0 Å². The first kappa shape index (κ1) is 12.0. The first-order valence-corrected chi connectivity index (χ1v) is 6.89. The van der Waals surface area contributed by atoms with Crippen molar-refractivity contribution < 1.29 is 0 Å². The zero-order chi connectivity index (χ0) is 11.4. The number of hydrogen-bond acceptors (Lipinski definition) is 2. The van der Waals surface area contributed by atoms with Crippen LogP contribution in [0.25, 0.3) is 0 Å². The van der Waals surface area contributed by atoms with E-state index in [1.165, 1.54) is 5.56 Å². The Labute approximate surface area is 112 Å². The van der Waals surface area contributed by atoms with Crippen molar-refractivity contribution >= 4 is 39.3 Å². The number of thioether (sulfide) groups is 1. The molecule has 1 nitrogen and oxygen atoms in total. The third kappa shape index (κ3) is 3.24. The summed E-state index contributed by atoms with van der Waals surface area (Å²) in [6.45, 7) is 0. The Kier molecular flexibility index (Phi) is 4.27. The molecular weight excluding hydrogens is 306 g/mol. The first-order chi connectivity index (χ1) is 7.75. The van der Waals surface area contributed by atoms with Crippen molar-refractivity contribution in [1.82, 2.24) is 4.98 Å². The highest BCUT2D eigenvalue weighted by Gasteiger charge is 2.03. The molecule has 0 radical (unpaired) electrons. The van der Waals surface area contributed by atoms with Crippen LogP contribution < -0.4 is 0 Å². The SMILES string of the molecule is Clc1cnc(SCc2ccccc2)c(Br)c1. The maximum absolute atomic E-state index is 5.83. The summed E-state index contributed by atoms with van der Waals surface area (Å²) in [7, 11) is 0. The molecule has 0 saturated heterocycles. The van der Waals surface area contributed by atoms with Gasteiger partial charge in [0.05, 0.1) is 9.50 Å². The molecule has 0 spiro atoms. The molecule has 16 heavy (non-hydrogen) atoms. The summed E-state index contributed by atoms with van der Waals surface area (Å²) in [5, 5.41) is 1.61. The molecule has 1 aromatic carbocycles. The summed E-state index contributed by atoms with van der Waals surface area (Å²) >= 11 is 11.0. The topological polar surface area (TPSA) is 12.9 Å². The molecule has 0 aliphatic rings. The Morgan fingerprint density at radius 3 is 2.69 bits per heavy atom. The summed E-state index contributed by atoms with van der Waals surface area (Å²) in [6, 6.07) is 12.2. The van der Waals surface area contributed by atoms with Gasteiger partial charge in [0, 0.05) is 11.9 Å². The smallest absolute Gasteiger partial charge is 0.111 e. The van der Waals surface area contributed by atoms with Crippen LogP contribution in [0.1, 0.15) is 5.56 Å². The lowest BCUT2D eigenvalue weighted by Gasteiger charge is -2.03. The van der Waals surface area contributed by atoms with Gasteiger partial charge in [0.2, 0.25) is 0 Å². The minimum absolute atomic E-state index is 0.649. The molecule has 0 aliphatic heterocycles. The quantitative estimate of drug-likeness (QED) is 0.756. The van der Waals surface area contributed by atoms with Crippen LogP contribution in [0.4, 0.5) is 0 Å². The first-order valence-electron chi connectivity index (χ1n) is 4.73. The van der Waals surface area contributed by atoms with Crippen LogP contribution in [0.5, 0.6) is 0 Å². The number of nitrogens with zero attached hydrogens (tertiary/aromatic N) is 1. The zero-order valence-electron chi connectivity index (χ0n) is 8.36. The Morgan fingerprint density at radius 1 is 1.25 bits per heavy atom. The summed E-state index contributed by atoms with van der Waals surface area (Å²) in [6.07, 6.45) is 1.67. The summed E-state index contributed by atoms with van der Waals surface area (Å²) in [4.78, 5) is 4.28. The maximum atomic E-state index is 5.83. The molecule has 0 fully saturated rings. The second-order valence-electron chi connectivity index (χ2n) is 3.21. The third-order valence-electron chi connectivity index (χ3n) is 1.99. The van der Waals surface area contributed by atoms with Crippen molar-refractivity contribution in [3.8, 4) is 0 Å². The van der Waals surface area contributed by atoms with Gasteiger partial charge < -0.3 is 0 Å². The van der Waals surface area contributed by atoms with E-state index in [2.05, 4.69) is 33.0 Å². The van der Waals surface area contributed by atoms with Gasteiger partial charge in [-0.1, -0.05) is 41.9 Å². The Bertz CT molecular complexity index is 476. The lowest BCUT2D eigenvalue weighted by atomic mass is 10.2. The van der Waals surface area contributed by atoms with Crippen LogP contribution >= 0.6 is 39.3 Å². The highest BCUT2D eigenvalue weighted by atomic mass is 79.9. The van der Waals surface area contributed by atoms with Gasteiger partial charge in [-0.15, -0.1) is 11.8 Å². The van der Waals surface area contributed by atoms with Gasteiger partial charge in [-0.25, -0.2) is 4.98 Å². The predicted molar refractivity (Wildman–Crippen MR) is 73.0 cm³/mol. The Morgan fingerprint density at radius 2 is 2.00 bits per heavy atom. The normalized spacial score (nSPS) is 10.4. The molecule has 1 heterocycles. The fraction of sp³-hybridized carbons (Fsp3) is 0.0833. The van der Waals surface area contributed by atoms with Crippen LogP contribution in [0.15, 0.2) is 52.1 Å². The van der Waals surface area contributed by atoms with E-state index in [4.69, 9.17) is 11.6 Å². The molecular formula is C12H9BrClNS. The third-order valence-corrected chi connectivity index (χ3v) is 4.14. The molecule has 0 amide bonds. The van der Waals surface area contributed by atoms with Crippen LogP contribution in [-0.2, 0) is 5.75 Å². The van der Waals surface area contributed by atoms with Crippen molar-refractivity contribution in [2.45, 2.75) is 10.8 Å². The Balaban J connectivity index is 2.05. The van der Waals surface area contributed by atoms with E-state index in [1.807, 2.05) is 24.3 Å². The van der Waals surface area contributed by atoms with E-state index in [1.54, 1.807) is 18.0 Å². The van der Waals surface area contributed by atoms with E-state index < -0.39 is 0 Å². The molecule has 1 aromatic heterocycles. The molecule has 0 atom stereocenters. The predicted octanol–water partition coefficient (Wildman–Crippen LogP) is 4.79. The Hall–Kier alpha value is -0.510. The van der Waals surface area contributed by atoms with Gasteiger partial charge in [0.15, 0.2) is 0 Å². The fourth-order valence-corrected chi connectivity index (χ4v) is 3.04. The molecule has 82 valence electrons. The van der Waals surface area contributed by atoms with E-state index in [0.29, 0.717) is 5.02 Å². The molecule has 2 aromatic rings. The molecule has 2 rings (SSSR count).